The van der Waals surface area contributed by atoms with Crippen LogP contribution in [0.15, 0.2) is 97.2 Å². The van der Waals surface area contributed by atoms with E-state index in [4.69, 9.17) is 9.47 Å². The molecule has 290 valence electrons. The average Bonchev–Trinajstić information content (AvgIpc) is 3.14. The van der Waals surface area contributed by atoms with E-state index in [2.05, 4.69) is 111 Å². The van der Waals surface area contributed by atoms with Crippen molar-refractivity contribution in [2.75, 3.05) is 19.8 Å². The molecular weight excluding hydrogens is 629 g/mol. The number of hydrogen-bond donors (Lipinski definition) is 1. The molecule has 0 heterocycles. The summed E-state index contributed by atoms with van der Waals surface area (Å²) in [5.74, 6) is -0.239. The Morgan fingerprint density at radius 2 is 0.882 bits per heavy atom. The van der Waals surface area contributed by atoms with Crippen molar-refractivity contribution in [3.05, 3.63) is 97.2 Å². The monoisotopic (exact) mass is 707 g/mol. The van der Waals surface area contributed by atoms with Crippen molar-refractivity contribution < 1.29 is 19.4 Å². The fraction of sp³-hybridized carbons (Fsp3) is 0.638. The first-order valence-corrected chi connectivity index (χ1v) is 20.8. The number of allylic oxidation sites excluding steroid dienone is 16. The second-order valence-corrected chi connectivity index (χ2v) is 13.3. The zero-order valence-corrected chi connectivity index (χ0v) is 33.1. The quantitative estimate of drug-likeness (QED) is 0.0397. The molecule has 1 atom stereocenters. The Hall–Kier alpha value is -2.69. The van der Waals surface area contributed by atoms with E-state index in [-0.39, 0.29) is 19.2 Å². The largest absolute Gasteiger partial charge is 0.457 e. The number of esters is 1. The summed E-state index contributed by atoms with van der Waals surface area (Å²) in [6.45, 7) is 5.15. The molecule has 0 rings (SSSR count). The SMILES string of the molecule is CC/C=C\C/C=C\C/C=C\C/C=C\C/C=C\C/C=C\C/C=C\CCCCCC(=O)OC(CO)COCCCCCCCC/C=C\CCCCCC. The molecular formula is C47H78O4. The third-order valence-corrected chi connectivity index (χ3v) is 8.39. The molecule has 0 aliphatic heterocycles. The number of ether oxygens (including phenoxy) is 2. The van der Waals surface area contributed by atoms with Crippen LogP contribution in [0.5, 0.6) is 0 Å². The van der Waals surface area contributed by atoms with Gasteiger partial charge in [0.1, 0.15) is 6.10 Å². The highest BCUT2D eigenvalue weighted by molar-refractivity contribution is 5.69. The number of aliphatic hydroxyl groups is 1. The van der Waals surface area contributed by atoms with Gasteiger partial charge in [-0.05, 0) is 96.3 Å². The molecule has 1 unspecified atom stereocenters. The molecule has 0 aliphatic carbocycles. The van der Waals surface area contributed by atoms with E-state index >= 15 is 0 Å². The molecule has 4 heteroatoms. The summed E-state index contributed by atoms with van der Waals surface area (Å²) < 4.78 is 11.1. The van der Waals surface area contributed by atoms with Gasteiger partial charge in [-0.1, -0.05) is 162 Å². The highest BCUT2D eigenvalue weighted by atomic mass is 16.6. The van der Waals surface area contributed by atoms with Crippen molar-refractivity contribution in [2.24, 2.45) is 0 Å². The zero-order chi connectivity index (χ0) is 37.0. The van der Waals surface area contributed by atoms with Crippen LogP contribution in [-0.2, 0) is 14.3 Å². The van der Waals surface area contributed by atoms with E-state index in [9.17, 15) is 9.90 Å². The summed E-state index contributed by atoms with van der Waals surface area (Å²) in [4.78, 5) is 12.2. The van der Waals surface area contributed by atoms with Crippen molar-refractivity contribution in [3.63, 3.8) is 0 Å². The van der Waals surface area contributed by atoms with Crippen LogP contribution in [0, 0.1) is 0 Å². The first-order chi connectivity index (χ1) is 25.2. The van der Waals surface area contributed by atoms with Gasteiger partial charge < -0.3 is 14.6 Å². The molecule has 0 aliphatic rings. The minimum Gasteiger partial charge on any atom is -0.457 e. The maximum Gasteiger partial charge on any atom is 0.306 e. The minimum atomic E-state index is -0.561. The normalized spacial score (nSPS) is 13.4. The molecule has 0 spiro atoms. The zero-order valence-electron chi connectivity index (χ0n) is 33.1. The van der Waals surface area contributed by atoms with Gasteiger partial charge >= 0.3 is 5.97 Å². The molecule has 0 aromatic rings. The molecule has 0 saturated carbocycles. The van der Waals surface area contributed by atoms with Gasteiger partial charge in [0.05, 0.1) is 13.2 Å². The summed E-state index contributed by atoms with van der Waals surface area (Å²) >= 11 is 0. The number of aliphatic hydroxyl groups excluding tert-OH is 1. The molecule has 1 N–H and O–H groups in total. The average molecular weight is 707 g/mol. The molecule has 0 amide bonds. The van der Waals surface area contributed by atoms with Gasteiger partial charge in [0, 0.05) is 13.0 Å². The molecule has 0 aromatic carbocycles. The van der Waals surface area contributed by atoms with Crippen molar-refractivity contribution in [1.82, 2.24) is 0 Å². The lowest BCUT2D eigenvalue weighted by Crippen LogP contribution is -2.27. The van der Waals surface area contributed by atoms with Gasteiger partial charge in [0.2, 0.25) is 0 Å². The Labute approximate surface area is 315 Å². The fourth-order valence-electron chi connectivity index (χ4n) is 5.30. The van der Waals surface area contributed by atoms with Crippen LogP contribution >= 0.6 is 0 Å². The standard InChI is InChI=1S/C47H78O4/c1-3-5-7-9-11-13-15-17-19-20-21-22-23-24-25-26-27-28-29-30-32-34-36-38-40-42-47(49)51-46(44-48)45-50-43-41-39-37-35-33-31-18-16-14-12-10-8-6-4-2/h5,7,11,13-14,16-17,19,21-22,24-25,27-28,30,32,46,48H,3-4,6,8-10,12,15,18,20,23,26,29,31,33-45H2,1-2H3/b7-5-,13-11-,16-14-,19-17-,22-21-,25-24-,28-27-,32-30-. The van der Waals surface area contributed by atoms with Crippen molar-refractivity contribution in [3.8, 4) is 0 Å². The van der Waals surface area contributed by atoms with Crippen LogP contribution in [0.2, 0.25) is 0 Å². The third kappa shape index (κ3) is 41.6. The van der Waals surface area contributed by atoms with Gasteiger partial charge in [0.25, 0.3) is 0 Å². The number of carbonyl (C=O) groups excluding carboxylic acids is 1. The molecule has 0 aromatic heterocycles. The summed E-state index contributed by atoms with van der Waals surface area (Å²) in [7, 11) is 0. The van der Waals surface area contributed by atoms with E-state index in [0.29, 0.717) is 13.0 Å². The predicted molar refractivity (Wildman–Crippen MR) is 223 cm³/mol. The minimum absolute atomic E-state index is 0.194. The van der Waals surface area contributed by atoms with Crippen molar-refractivity contribution in [2.45, 2.75) is 174 Å². The molecule has 51 heavy (non-hydrogen) atoms. The van der Waals surface area contributed by atoms with Gasteiger partial charge in [-0.15, -0.1) is 0 Å². The maximum absolute atomic E-state index is 12.2. The molecule has 0 saturated heterocycles. The summed E-state index contributed by atoms with van der Waals surface area (Å²) in [6.07, 6.45) is 61.7. The van der Waals surface area contributed by atoms with Gasteiger partial charge in [-0.2, -0.15) is 0 Å². The first kappa shape index (κ1) is 48.3. The lowest BCUT2D eigenvalue weighted by molar-refractivity contribution is -0.154. The topological polar surface area (TPSA) is 55.8 Å². The third-order valence-electron chi connectivity index (χ3n) is 8.39. The fourth-order valence-corrected chi connectivity index (χ4v) is 5.30. The summed E-state index contributed by atoms with van der Waals surface area (Å²) in [5.41, 5.74) is 0. The van der Waals surface area contributed by atoms with Crippen LogP contribution in [0.3, 0.4) is 0 Å². The van der Waals surface area contributed by atoms with Gasteiger partial charge in [0.15, 0.2) is 0 Å². The second-order valence-electron chi connectivity index (χ2n) is 13.3. The number of unbranched alkanes of at least 4 members (excludes halogenated alkanes) is 13. The molecule has 0 radical (unpaired) electrons. The number of hydrogen-bond acceptors (Lipinski definition) is 4. The van der Waals surface area contributed by atoms with Crippen LogP contribution in [-0.4, -0.2) is 37.0 Å². The summed E-state index contributed by atoms with van der Waals surface area (Å²) in [6, 6.07) is 0. The molecule has 4 nitrogen and oxygen atoms in total. The van der Waals surface area contributed by atoms with Gasteiger partial charge in [-0.25, -0.2) is 0 Å². The number of carbonyl (C=O) groups is 1. The first-order valence-electron chi connectivity index (χ1n) is 20.8. The van der Waals surface area contributed by atoms with Crippen molar-refractivity contribution >= 4 is 5.97 Å². The van der Waals surface area contributed by atoms with E-state index in [1.54, 1.807) is 0 Å². The molecule has 0 bridgehead atoms. The highest BCUT2D eigenvalue weighted by Gasteiger charge is 2.13. The Kier molecular flexibility index (Phi) is 41.2. The van der Waals surface area contributed by atoms with Gasteiger partial charge in [-0.3, -0.25) is 4.79 Å². The maximum atomic E-state index is 12.2. The summed E-state index contributed by atoms with van der Waals surface area (Å²) in [5, 5.41) is 9.58. The predicted octanol–water partition coefficient (Wildman–Crippen LogP) is 13.8. The van der Waals surface area contributed by atoms with E-state index < -0.39 is 6.10 Å². The van der Waals surface area contributed by atoms with Crippen molar-refractivity contribution in [1.29, 1.82) is 0 Å². The molecule has 0 fully saturated rings. The van der Waals surface area contributed by atoms with E-state index in [0.717, 1.165) is 83.5 Å². The Balaban J connectivity index is 3.60. The smallest absolute Gasteiger partial charge is 0.306 e. The number of rotatable bonds is 37. The van der Waals surface area contributed by atoms with Crippen LogP contribution in [0.25, 0.3) is 0 Å². The lowest BCUT2D eigenvalue weighted by atomic mass is 10.1. The Bertz CT molecular complexity index is 965. The van der Waals surface area contributed by atoms with Crippen LogP contribution in [0.1, 0.15) is 168 Å². The van der Waals surface area contributed by atoms with Crippen LogP contribution in [0.4, 0.5) is 0 Å². The second kappa shape index (κ2) is 43.5. The lowest BCUT2D eigenvalue weighted by Gasteiger charge is -2.15. The van der Waals surface area contributed by atoms with E-state index in [1.807, 2.05) is 0 Å². The highest BCUT2D eigenvalue weighted by Crippen LogP contribution is 2.10. The Morgan fingerprint density at radius 3 is 1.35 bits per heavy atom. The Morgan fingerprint density at radius 1 is 0.490 bits per heavy atom. The van der Waals surface area contributed by atoms with E-state index in [1.165, 1.54) is 64.2 Å². The van der Waals surface area contributed by atoms with Crippen LogP contribution < -0.4 is 0 Å².